The van der Waals surface area contributed by atoms with E-state index >= 15 is 0 Å². The van der Waals surface area contributed by atoms with Gasteiger partial charge in [0.1, 0.15) is 0 Å². The fourth-order valence-electron chi connectivity index (χ4n) is 1.39. The van der Waals surface area contributed by atoms with E-state index in [4.69, 9.17) is 21.8 Å². The first-order valence-electron chi connectivity index (χ1n) is 5.06. The Kier molecular flexibility index (Phi) is 4.34. The van der Waals surface area contributed by atoms with Crippen molar-refractivity contribution in [3.05, 3.63) is 34.9 Å². The van der Waals surface area contributed by atoms with Gasteiger partial charge in [0.15, 0.2) is 8.32 Å². The van der Waals surface area contributed by atoms with Gasteiger partial charge in [-0.2, -0.15) is 0 Å². The summed E-state index contributed by atoms with van der Waals surface area (Å²) in [6.07, 6.45) is -0.0321. The zero-order valence-electron chi connectivity index (χ0n) is 9.46. The Hall–Kier alpha value is -0.353. The predicted molar refractivity (Wildman–Crippen MR) is 67.7 cm³/mol. The Morgan fingerprint density at radius 3 is 2.53 bits per heavy atom. The Morgan fingerprint density at radius 2 is 2.07 bits per heavy atom. The number of nitrogens with two attached hydrogens (primary N) is 1. The average molecular weight is 244 g/mol. The summed E-state index contributed by atoms with van der Waals surface area (Å²) in [5.74, 6) is 0. The standard InChI is InChI=1S/C11H18ClNOSi/c1-15(2,3)14-11(8-13)9-5-4-6-10(12)7-9/h4-7,11H,8,13H2,1-3H3/t11-/m0/s1. The molecule has 1 rings (SSSR count). The third-order valence-electron chi connectivity index (χ3n) is 1.93. The molecule has 2 nitrogen and oxygen atoms in total. The molecule has 0 aliphatic heterocycles. The van der Waals surface area contributed by atoms with E-state index in [9.17, 15) is 0 Å². The maximum absolute atomic E-state index is 5.98. The number of benzene rings is 1. The van der Waals surface area contributed by atoms with Crippen LogP contribution >= 0.6 is 11.6 Å². The van der Waals surface area contributed by atoms with Gasteiger partial charge in [0.05, 0.1) is 6.10 Å². The largest absolute Gasteiger partial charge is 0.409 e. The molecule has 2 N–H and O–H groups in total. The number of hydrogen-bond donors (Lipinski definition) is 1. The molecular weight excluding hydrogens is 226 g/mol. The molecule has 0 amide bonds. The van der Waals surface area contributed by atoms with Gasteiger partial charge in [-0.15, -0.1) is 0 Å². The zero-order valence-corrected chi connectivity index (χ0v) is 11.2. The molecule has 0 aliphatic carbocycles. The normalized spacial score (nSPS) is 13.9. The van der Waals surface area contributed by atoms with Gasteiger partial charge in [-0.3, -0.25) is 0 Å². The lowest BCUT2D eigenvalue weighted by Gasteiger charge is -2.25. The average Bonchev–Trinajstić information content (AvgIpc) is 2.13. The monoisotopic (exact) mass is 243 g/mol. The second kappa shape index (κ2) is 5.12. The van der Waals surface area contributed by atoms with Crippen molar-refractivity contribution < 1.29 is 4.43 Å². The minimum Gasteiger partial charge on any atom is -0.409 e. The second-order valence-corrected chi connectivity index (χ2v) is 9.41. The summed E-state index contributed by atoms with van der Waals surface area (Å²) in [6.45, 7) is 6.95. The highest BCUT2D eigenvalue weighted by atomic mass is 35.5. The summed E-state index contributed by atoms with van der Waals surface area (Å²) < 4.78 is 5.98. The first-order valence-corrected chi connectivity index (χ1v) is 8.84. The highest BCUT2D eigenvalue weighted by Crippen LogP contribution is 2.23. The zero-order chi connectivity index (χ0) is 11.5. The van der Waals surface area contributed by atoms with E-state index in [-0.39, 0.29) is 6.10 Å². The molecule has 84 valence electrons. The first kappa shape index (κ1) is 12.7. The Balaban J connectivity index is 2.83. The summed E-state index contributed by atoms with van der Waals surface area (Å²) in [5, 5.41) is 0.727. The van der Waals surface area contributed by atoms with E-state index < -0.39 is 8.32 Å². The van der Waals surface area contributed by atoms with Crippen LogP contribution in [-0.4, -0.2) is 14.9 Å². The molecule has 0 bridgehead atoms. The van der Waals surface area contributed by atoms with Crippen molar-refractivity contribution in [2.24, 2.45) is 5.73 Å². The van der Waals surface area contributed by atoms with Gasteiger partial charge >= 0.3 is 0 Å². The van der Waals surface area contributed by atoms with Gasteiger partial charge in [0.2, 0.25) is 0 Å². The fourth-order valence-corrected chi connectivity index (χ4v) is 2.67. The van der Waals surface area contributed by atoms with Gasteiger partial charge in [-0.1, -0.05) is 23.7 Å². The SMILES string of the molecule is C[Si](C)(C)O[C@@H](CN)c1cccc(Cl)c1. The molecule has 15 heavy (non-hydrogen) atoms. The number of halogens is 1. The molecule has 0 spiro atoms. The molecule has 0 saturated heterocycles. The quantitative estimate of drug-likeness (QED) is 0.825. The molecule has 0 heterocycles. The van der Waals surface area contributed by atoms with Crippen LogP contribution in [-0.2, 0) is 4.43 Å². The van der Waals surface area contributed by atoms with Crippen LogP contribution in [0, 0.1) is 0 Å². The molecule has 0 aliphatic rings. The minimum absolute atomic E-state index is 0.0321. The lowest BCUT2D eigenvalue weighted by atomic mass is 10.1. The van der Waals surface area contributed by atoms with Crippen molar-refractivity contribution in [1.29, 1.82) is 0 Å². The van der Waals surface area contributed by atoms with E-state index in [1.807, 2.05) is 24.3 Å². The molecular formula is C11H18ClNOSi. The Labute approximate surface area is 97.5 Å². The summed E-state index contributed by atoms with van der Waals surface area (Å²) in [7, 11) is -1.56. The summed E-state index contributed by atoms with van der Waals surface area (Å²) in [4.78, 5) is 0. The van der Waals surface area contributed by atoms with Gasteiger partial charge in [-0.25, -0.2) is 0 Å². The molecule has 1 aromatic rings. The first-order chi connectivity index (χ1) is 6.92. The maximum Gasteiger partial charge on any atom is 0.184 e. The smallest absolute Gasteiger partial charge is 0.184 e. The van der Waals surface area contributed by atoms with E-state index in [1.54, 1.807) is 0 Å². The molecule has 4 heteroatoms. The molecule has 0 unspecified atom stereocenters. The van der Waals surface area contributed by atoms with Crippen molar-refractivity contribution in [3.63, 3.8) is 0 Å². The lowest BCUT2D eigenvalue weighted by Crippen LogP contribution is -2.31. The lowest BCUT2D eigenvalue weighted by molar-refractivity contribution is 0.206. The van der Waals surface area contributed by atoms with Crippen molar-refractivity contribution >= 4 is 19.9 Å². The molecule has 1 aromatic carbocycles. The third kappa shape index (κ3) is 4.34. The van der Waals surface area contributed by atoms with Crippen molar-refractivity contribution in [2.75, 3.05) is 6.54 Å². The van der Waals surface area contributed by atoms with Crippen LogP contribution in [0.1, 0.15) is 11.7 Å². The van der Waals surface area contributed by atoms with E-state index in [1.165, 1.54) is 0 Å². The molecule has 0 radical (unpaired) electrons. The van der Waals surface area contributed by atoms with Gasteiger partial charge in [0, 0.05) is 11.6 Å². The van der Waals surface area contributed by atoms with Crippen LogP contribution < -0.4 is 5.73 Å². The predicted octanol–water partition coefficient (Wildman–Crippen LogP) is 3.19. The van der Waals surface area contributed by atoms with Gasteiger partial charge in [-0.05, 0) is 37.3 Å². The van der Waals surface area contributed by atoms with Crippen LogP contribution in [0.15, 0.2) is 24.3 Å². The summed E-state index contributed by atoms with van der Waals surface area (Å²) in [5.41, 5.74) is 6.78. The highest BCUT2D eigenvalue weighted by Gasteiger charge is 2.21. The van der Waals surface area contributed by atoms with Crippen molar-refractivity contribution in [3.8, 4) is 0 Å². The number of rotatable bonds is 4. The summed E-state index contributed by atoms with van der Waals surface area (Å²) in [6, 6.07) is 7.70. The van der Waals surface area contributed by atoms with Gasteiger partial charge in [0.25, 0.3) is 0 Å². The molecule has 0 aromatic heterocycles. The van der Waals surface area contributed by atoms with Crippen LogP contribution in [0.5, 0.6) is 0 Å². The summed E-state index contributed by atoms with van der Waals surface area (Å²) >= 11 is 5.93. The topological polar surface area (TPSA) is 35.2 Å². The minimum atomic E-state index is -1.56. The van der Waals surface area contributed by atoms with Crippen LogP contribution in [0.3, 0.4) is 0 Å². The third-order valence-corrected chi connectivity index (χ3v) is 3.16. The molecule has 0 fully saturated rings. The number of hydrogen-bond acceptors (Lipinski definition) is 2. The van der Waals surface area contributed by atoms with Gasteiger partial charge < -0.3 is 10.2 Å². The van der Waals surface area contributed by atoms with E-state index in [0.717, 1.165) is 10.6 Å². The maximum atomic E-state index is 5.98. The van der Waals surface area contributed by atoms with Crippen molar-refractivity contribution in [1.82, 2.24) is 0 Å². The van der Waals surface area contributed by atoms with Crippen LogP contribution in [0.2, 0.25) is 24.7 Å². The second-order valence-electron chi connectivity index (χ2n) is 4.51. The molecule has 1 atom stereocenters. The molecule has 0 saturated carbocycles. The van der Waals surface area contributed by atoms with E-state index in [0.29, 0.717) is 6.54 Å². The van der Waals surface area contributed by atoms with E-state index in [2.05, 4.69) is 19.6 Å². The highest BCUT2D eigenvalue weighted by molar-refractivity contribution is 6.69. The van der Waals surface area contributed by atoms with Crippen LogP contribution in [0.25, 0.3) is 0 Å². The Bertz CT molecular complexity index is 325. The van der Waals surface area contributed by atoms with Crippen molar-refractivity contribution in [2.45, 2.75) is 25.7 Å². The fraction of sp³-hybridized carbons (Fsp3) is 0.455. The Morgan fingerprint density at radius 1 is 1.40 bits per heavy atom. The van der Waals surface area contributed by atoms with Crippen LogP contribution in [0.4, 0.5) is 0 Å².